The summed E-state index contributed by atoms with van der Waals surface area (Å²) in [5.41, 5.74) is 0.228. The molecule has 0 aliphatic carbocycles. The topological polar surface area (TPSA) is 45.2 Å². The number of carbonyl (C=O) groups is 1. The number of anilines is 2. The first-order valence-electron chi connectivity index (χ1n) is 8.87. The summed E-state index contributed by atoms with van der Waals surface area (Å²) >= 11 is 4.99. The molecular formula is C20H19BrFN3OS. The quantitative estimate of drug-likeness (QED) is 0.587. The van der Waals surface area contributed by atoms with Crippen LogP contribution in [0.3, 0.4) is 0 Å². The minimum absolute atomic E-state index is 0.117. The Labute approximate surface area is 169 Å². The number of benzene rings is 1. The monoisotopic (exact) mass is 447 g/mol. The zero-order valence-electron chi connectivity index (χ0n) is 14.8. The van der Waals surface area contributed by atoms with Gasteiger partial charge in [-0.1, -0.05) is 15.9 Å². The third-order valence-electron chi connectivity index (χ3n) is 4.90. The van der Waals surface area contributed by atoms with Crippen molar-refractivity contribution in [2.45, 2.75) is 19.8 Å². The van der Waals surface area contributed by atoms with E-state index in [1.807, 2.05) is 12.3 Å². The van der Waals surface area contributed by atoms with Crippen molar-refractivity contribution < 1.29 is 9.18 Å². The average molecular weight is 448 g/mol. The highest BCUT2D eigenvalue weighted by Gasteiger charge is 2.27. The summed E-state index contributed by atoms with van der Waals surface area (Å²) in [5, 5.41) is 3.91. The summed E-state index contributed by atoms with van der Waals surface area (Å²) in [5.74, 6) is 0.328. The van der Waals surface area contributed by atoms with Gasteiger partial charge in [0.05, 0.1) is 5.69 Å². The second kappa shape index (κ2) is 7.56. The first-order valence-corrected chi connectivity index (χ1v) is 10.5. The van der Waals surface area contributed by atoms with E-state index in [1.165, 1.54) is 21.0 Å². The van der Waals surface area contributed by atoms with Crippen LogP contribution in [-0.4, -0.2) is 24.0 Å². The summed E-state index contributed by atoms with van der Waals surface area (Å²) in [6.07, 6.45) is 3.30. The van der Waals surface area contributed by atoms with Gasteiger partial charge in [0.1, 0.15) is 11.6 Å². The van der Waals surface area contributed by atoms with E-state index in [-0.39, 0.29) is 17.5 Å². The fourth-order valence-electron chi connectivity index (χ4n) is 3.51. The van der Waals surface area contributed by atoms with Crippen molar-refractivity contribution in [1.82, 2.24) is 4.98 Å². The Morgan fingerprint density at radius 1 is 1.30 bits per heavy atom. The molecule has 3 aromatic rings. The highest BCUT2D eigenvalue weighted by Crippen LogP contribution is 2.33. The number of piperidine rings is 1. The second-order valence-electron chi connectivity index (χ2n) is 6.78. The number of nitrogens with one attached hydrogen (secondary N) is 1. The van der Waals surface area contributed by atoms with Crippen LogP contribution >= 0.6 is 27.3 Å². The number of nitrogens with zero attached hydrogens (tertiary/aromatic N) is 2. The van der Waals surface area contributed by atoms with Crippen LogP contribution in [0.15, 0.2) is 41.0 Å². The Morgan fingerprint density at radius 2 is 2.07 bits per heavy atom. The van der Waals surface area contributed by atoms with Crippen molar-refractivity contribution in [1.29, 1.82) is 0 Å². The average Bonchev–Trinajstić information content (AvgIpc) is 3.04. The standard InChI is InChI=1S/C20H19BrFN3OS/c1-12-10-15-18(27-12)4-7-23-19(15)25-8-5-13(6-9-25)20(26)24-17-3-2-14(21)11-16(17)22/h2-4,7,10-11,13H,5-6,8-9H2,1H3,(H,24,26). The van der Waals surface area contributed by atoms with E-state index >= 15 is 0 Å². The Balaban J connectivity index is 1.43. The van der Waals surface area contributed by atoms with Crippen LogP contribution in [0.4, 0.5) is 15.9 Å². The predicted molar refractivity (Wildman–Crippen MR) is 112 cm³/mol. The second-order valence-corrected chi connectivity index (χ2v) is 8.98. The fraction of sp³-hybridized carbons (Fsp3) is 0.300. The first-order chi connectivity index (χ1) is 13.0. The Hall–Kier alpha value is -1.99. The van der Waals surface area contributed by atoms with Gasteiger partial charge >= 0.3 is 0 Å². The summed E-state index contributed by atoms with van der Waals surface area (Å²) in [6, 6.07) is 8.88. The molecule has 0 spiro atoms. The minimum atomic E-state index is -0.432. The third-order valence-corrected chi connectivity index (χ3v) is 6.41. The highest BCUT2D eigenvalue weighted by molar-refractivity contribution is 9.10. The summed E-state index contributed by atoms with van der Waals surface area (Å²) in [7, 11) is 0. The number of amides is 1. The Kier molecular flexibility index (Phi) is 5.14. The molecule has 140 valence electrons. The molecule has 4 nitrogen and oxygen atoms in total. The number of hydrogen-bond acceptors (Lipinski definition) is 4. The molecule has 3 heterocycles. The van der Waals surface area contributed by atoms with E-state index in [2.05, 4.69) is 44.1 Å². The van der Waals surface area contributed by atoms with Crippen molar-refractivity contribution in [3.63, 3.8) is 0 Å². The lowest BCUT2D eigenvalue weighted by Crippen LogP contribution is -2.38. The zero-order valence-corrected chi connectivity index (χ0v) is 17.2. The van der Waals surface area contributed by atoms with Gasteiger partial charge in [-0.3, -0.25) is 4.79 Å². The lowest BCUT2D eigenvalue weighted by molar-refractivity contribution is -0.120. The van der Waals surface area contributed by atoms with E-state index in [9.17, 15) is 9.18 Å². The first kappa shape index (κ1) is 18.4. The number of halogens is 2. The van der Waals surface area contributed by atoms with Crippen molar-refractivity contribution in [3.05, 3.63) is 51.7 Å². The number of carbonyl (C=O) groups excluding carboxylic acids is 1. The molecule has 0 radical (unpaired) electrons. The van der Waals surface area contributed by atoms with Crippen molar-refractivity contribution in [2.75, 3.05) is 23.3 Å². The molecule has 4 rings (SSSR count). The van der Waals surface area contributed by atoms with Gasteiger partial charge in [-0.15, -0.1) is 11.3 Å². The molecule has 0 atom stereocenters. The van der Waals surface area contributed by atoms with Gasteiger partial charge in [-0.2, -0.15) is 0 Å². The van der Waals surface area contributed by atoms with E-state index in [0.29, 0.717) is 4.47 Å². The number of fused-ring (bicyclic) bond motifs is 1. The maximum absolute atomic E-state index is 14.0. The van der Waals surface area contributed by atoms with Crippen molar-refractivity contribution in [2.24, 2.45) is 5.92 Å². The smallest absolute Gasteiger partial charge is 0.227 e. The van der Waals surface area contributed by atoms with E-state index < -0.39 is 5.82 Å². The van der Waals surface area contributed by atoms with Crippen molar-refractivity contribution in [3.8, 4) is 0 Å². The number of pyridine rings is 1. The highest BCUT2D eigenvalue weighted by atomic mass is 79.9. The number of thiophene rings is 1. The Bertz CT molecular complexity index is 998. The lowest BCUT2D eigenvalue weighted by atomic mass is 9.95. The molecule has 1 amide bonds. The largest absolute Gasteiger partial charge is 0.356 e. The number of aromatic nitrogens is 1. The molecule has 1 aliphatic heterocycles. The van der Waals surface area contributed by atoms with Crippen LogP contribution in [0.1, 0.15) is 17.7 Å². The van der Waals surface area contributed by atoms with E-state index in [0.717, 1.165) is 31.7 Å². The molecule has 2 aromatic heterocycles. The van der Waals surface area contributed by atoms with Crippen LogP contribution < -0.4 is 10.2 Å². The molecular weight excluding hydrogens is 429 g/mol. The number of rotatable bonds is 3. The summed E-state index contributed by atoms with van der Waals surface area (Å²) in [6.45, 7) is 3.64. The normalized spacial score (nSPS) is 15.3. The van der Waals surface area contributed by atoms with E-state index in [1.54, 1.807) is 23.5 Å². The van der Waals surface area contributed by atoms with Gasteiger partial charge in [0.15, 0.2) is 0 Å². The number of aryl methyl sites for hydroxylation is 1. The molecule has 1 N–H and O–H groups in total. The van der Waals surface area contributed by atoms with E-state index in [4.69, 9.17) is 0 Å². The molecule has 7 heteroatoms. The van der Waals surface area contributed by atoms with Crippen LogP contribution in [0.2, 0.25) is 0 Å². The van der Waals surface area contributed by atoms with Gasteiger partial charge in [-0.25, -0.2) is 9.37 Å². The number of hydrogen-bond donors (Lipinski definition) is 1. The predicted octanol–water partition coefficient (Wildman–Crippen LogP) is 5.36. The van der Waals surface area contributed by atoms with Crippen LogP contribution in [0, 0.1) is 18.7 Å². The Morgan fingerprint density at radius 3 is 2.81 bits per heavy atom. The molecule has 27 heavy (non-hydrogen) atoms. The minimum Gasteiger partial charge on any atom is -0.356 e. The van der Waals surface area contributed by atoms with Gasteiger partial charge < -0.3 is 10.2 Å². The lowest BCUT2D eigenvalue weighted by Gasteiger charge is -2.32. The molecule has 0 saturated carbocycles. The molecule has 1 fully saturated rings. The maximum atomic E-state index is 14.0. The summed E-state index contributed by atoms with van der Waals surface area (Å²) < 4.78 is 15.8. The maximum Gasteiger partial charge on any atom is 0.227 e. The van der Waals surface area contributed by atoms with Gasteiger partial charge in [0.25, 0.3) is 0 Å². The van der Waals surface area contributed by atoms with Crippen molar-refractivity contribution >= 4 is 54.8 Å². The molecule has 1 saturated heterocycles. The molecule has 1 aromatic carbocycles. The van der Waals surface area contributed by atoms with Crippen LogP contribution in [0.25, 0.3) is 10.1 Å². The fourth-order valence-corrected chi connectivity index (χ4v) is 4.75. The van der Waals surface area contributed by atoms with Gasteiger partial charge in [-0.05, 0) is 50.1 Å². The zero-order chi connectivity index (χ0) is 19.0. The molecule has 1 aliphatic rings. The van der Waals surface area contributed by atoms with Gasteiger partial charge in [0, 0.05) is 44.6 Å². The van der Waals surface area contributed by atoms with Gasteiger partial charge in [0.2, 0.25) is 5.91 Å². The third kappa shape index (κ3) is 3.84. The van der Waals surface area contributed by atoms with Crippen LogP contribution in [-0.2, 0) is 4.79 Å². The van der Waals surface area contributed by atoms with Crippen LogP contribution in [0.5, 0.6) is 0 Å². The molecule has 0 unspecified atom stereocenters. The molecule has 0 bridgehead atoms. The summed E-state index contributed by atoms with van der Waals surface area (Å²) in [4.78, 5) is 20.6. The SMILES string of the molecule is Cc1cc2c(N3CCC(C(=O)Nc4ccc(Br)cc4F)CC3)nccc2s1.